The van der Waals surface area contributed by atoms with Gasteiger partial charge in [-0.15, -0.1) is 11.3 Å². The Morgan fingerprint density at radius 1 is 1.16 bits per heavy atom. The maximum absolute atomic E-state index is 9.51. The topological polar surface area (TPSA) is 55.1 Å². The summed E-state index contributed by atoms with van der Waals surface area (Å²) in [5.41, 5.74) is 4.50. The summed E-state index contributed by atoms with van der Waals surface area (Å²) in [6, 6.07) is 16.0. The predicted octanol–water partition coefficient (Wildman–Crippen LogP) is 4.91. The minimum Gasteiger partial charge on any atom is -0.454 e. The Morgan fingerprint density at radius 2 is 1.96 bits per heavy atom. The zero-order chi connectivity index (χ0) is 17.2. The van der Waals surface area contributed by atoms with Crippen molar-refractivity contribution in [3.8, 4) is 28.8 Å². The van der Waals surface area contributed by atoms with Crippen LogP contribution in [0.4, 0.5) is 0 Å². The van der Waals surface area contributed by atoms with Crippen molar-refractivity contribution in [2.24, 2.45) is 0 Å². The minimum absolute atomic E-state index is 0.249. The quantitative estimate of drug-likeness (QED) is 0.632. The molecule has 0 fully saturated rings. The first kappa shape index (κ1) is 15.4. The van der Waals surface area contributed by atoms with E-state index in [0.29, 0.717) is 10.6 Å². The monoisotopic (exact) mass is 346 g/mol. The highest BCUT2D eigenvalue weighted by Crippen LogP contribution is 2.36. The van der Waals surface area contributed by atoms with Gasteiger partial charge in [0.25, 0.3) is 0 Å². The Balaban J connectivity index is 1.65. The van der Waals surface area contributed by atoms with E-state index in [4.69, 9.17) is 9.47 Å². The average molecular weight is 346 g/mol. The van der Waals surface area contributed by atoms with E-state index in [0.717, 1.165) is 28.3 Å². The second-order valence-electron chi connectivity index (χ2n) is 5.69. The molecule has 1 aliphatic heterocycles. The van der Waals surface area contributed by atoms with Crippen LogP contribution in [0.1, 0.15) is 16.1 Å². The number of benzene rings is 2. The summed E-state index contributed by atoms with van der Waals surface area (Å²) >= 11 is 1.46. The Kier molecular flexibility index (Phi) is 3.96. The van der Waals surface area contributed by atoms with Crippen molar-refractivity contribution in [3.63, 3.8) is 0 Å². The van der Waals surface area contributed by atoms with Crippen molar-refractivity contribution in [3.05, 3.63) is 64.0 Å². The van der Waals surface area contributed by atoms with Crippen LogP contribution < -0.4 is 9.47 Å². The van der Waals surface area contributed by atoms with Gasteiger partial charge in [-0.1, -0.05) is 29.8 Å². The largest absolute Gasteiger partial charge is 0.454 e. The van der Waals surface area contributed by atoms with Crippen LogP contribution in [-0.4, -0.2) is 11.8 Å². The number of thiazole rings is 1. The molecule has 4 nitrogen and oxygen atoms in total. The van der Waals surface area contributed by atoms with Gasteiger partial charge in [0.15, 0.2) is 11.5 Å². The number of allylic oxidation sites excluding steroid dienone is 1. The van der Waals surface area contributed by atoms with Crippen LogP contribution in [0.3, 0.4) is 0 Å². The third-order valence-corrected chi connectivity index (χ3v) is 4.79. The molecule has 0 N–H and O–H groups in total. The van der Waals surface area contributed by atoms with Crippen molar-refractivity contribution >= 4 is 23.0 Å². The zero-order valence-electron chi connectivity index (χ0n) is 13.5. The van der Waals surface area contributed by atoms with Gasteiger partial charge in [-0.2, -0.15) is 5.26 Å². The van der Waals surface area contributed by atoms with Crippen molar-refractivity contribution in [2.45, 2.75) is 6.92 Å². The van der Waals surface area contributed by atoms with E-state index >= 15 is 0 Å². The lowest BCUT2D eigenvalue weighted by Crippen LogP contribution is -1.92. The van der Waals surface area contributed by atoms with Gasteiger partial charge in [0, 0.05) is 10.9 Å². The second-order valence-corrected chi connectivity index (χ2v) is 6.54. The summed E-state index contributed by atoms with van der Waals surface area (Å²) in [5.74, 6) is 1.47. The van der Waals surface area contributed by atoms with Crippen LogP contribution in [0, 0.1) is 18.3 Å². The van der Waals surface area contributed by atoms with Gasteiger partial charge in [0.05, 0.1) is 11.3 Å². The minimum atomic E-state index is 0.249. The summed E-state index contributed by atoms with van der Waals surface area (Å²) in [5, 5.41) is 12.2. The van der Waals surface area contributed by atoms with Crippen molar-refractivity contribution in [2.75, 3.05) is 6.79 Å². The summed E-state index contributed by atoms with van der Waals surface area (Å²) in [6.07, 6.45) is 1.86. The molecule has 0 spiro atoms. The molecule has 25 heavy (non-hydrogen) atoms. The molecule has 0 unspecified atom stereocenters. The van der Waals surface area contributed by atoms with Crippen molar-refractivity contribution < 1.29 is 9.47 Å². The lowest BCUT2D eigenvalue weighted by molar-refractivity contribution is 0.174. The van der Waals surface area contributed by atoms with Gasteiger partial charge >= 0.3 is 0 Å². The molecule has 0 saturated carbocycles. The molecule has 4 rings (SSSR count). The maximum atomic E-state index is 9.51. The summed E-state index contributed by atoms with van der Waals surface area (Å²) < 4.78 is 10.7. The first-order valence-electron chi connectivity index (χ1n) is 7.77. The number of nitrogens with zero attached hydrogens (tertiary/aromatic N) is 2. The number of rotatable bonds is 3. The van der Waals surface area contributed by atoms with Gasteiger partial charge < -0.3 is 9.47 Å². The van der Waals surface area contributed by atoms with Crippen LogP contribution in [0.15, 0.2) is 47.8 Å². The van der Waals surface area contributed by atoms with E-state index in [9.17, 15) is 5.26 Å². The molecular formula is C20H14N2O2S. The molecule has 1 aromatic heterocycles. The van der Waals surface area contributed by atoms with Gasteiger partial charge in [0.1, 0.15) is 11.1 Å². The lowest BCUT2D eigenvalue weighted by Gasteiger charge is -2.00. The number of hydrogen-bond acceptors (Lipinski definition) is 5. The first-order chi connectivity index (χ1) is 12.2. The fraction of sp³-hybridized carbons (Fsp3) is 0.100. The van der Waals surface area contributed by atoms with Crippen LogP contribution in [0.5, 0.6) is 11.5 Å². The molecule has 3 aromatic rings. The van der Waals surface area contributed by atoms with E-state index in [1.807, 2.05) is 60.8 Å². The fourth-order valence-electron chi connectivity index (χ4n) is 2.56. The number of aromatic nitrogens is 1. The van der Waals surface area contributed by atoms with Gasteiger partial charge in [-0.3, -0.25) is 0 Å². The van der Waals surface area contributed by atoms with Gasteiger partial charge in [-0.05, 0) is 36.8 Å². The van der Waals surface area contributed by atoms with E-state index in [2.05, 4.69) is 11.1 Å². The molecule has 2 heterocycles. The standard InChI is InChI=1S/C20H14N2O2S/c1-13-2-4-14(5-3-13)8-16(10-21)20-22-17(11-25-20)15-6-7-18-19(9-15)24-12-23-18/h2-9,11H,12H2,1H3/b16-8-. The van der Waals surface area contributed by atoms with E-state index in [1.54, 1.807) is 0 Å². The van der Waals surface area contributed by atoms with Gasteiger partial charge in [0.2, 0.25) is 6.79 Å². The normalized spacial score (nSPS) is 12.9. The molecule has 2 aromatic carbocycles. The Labute approximate surface area is 149 Å². The van der Waals surface area contributed by atoms with E-state index in [1.165, 1.54) is 16.9 Å². The molecular weight excluding hydrogens is 332 g/mol. The highest BCUT2D eigenvalue weighted by atomic mass is 32.1. The van der Waals surface area contributed by atoms with Crippen LogP contribution in [0.25, 0.3) is 22.9 Å². The number of fused-ring (bicyclic) bond motifs is 1. The molecule has 1 aliphatic rings. The SMILES string of the molecule is Cc1ccc(/C=C(/C#N)c2nc(-c3ccc4c(c3)OCO4)cs2)cc1. The lowest BCUT2D eigenvalue weighted by atomic mass is 10.1. The Hall–Kier alpha value is -3.10. The average Bonchev–Trinajstić information content (AvgIpc) is 3.30. The molecule has 0 amide bonds. The third-order valence-electron chi connectivity index (χ3n) is 3.91. The van der Waals surface area contributed by atoms with E-state index in [-0.39, 0.29) is 6.79 Å². The zero-order valence-corrected chi connectivity index (χ0v) is 14.3. The summed E-state index contributed by atoms with van der Waals surface area (Å²) in [7, 11) is 0. The molecule has 0 bridgehead atoms. The molecule has 122 valence electrons. The number of aryl methyl sites for hydroxylation is 1. The Bertz CT molecular complexity index is 997. The number of ether oxygens (including phenoxy) is 2. The van der Waals surface area contributed by atoms with Crippen molar-refractivity contribution in [1.82, 2.24) is 4.98 Å². The van der Waals surface area contributed by atoms with Crippen LogP contribution in [-0.2, 0) is 0 Å². The van der Waals surface area contributed by atoms with Crippen LogP contribution in [0.2, 0.25) is 0 Å². The smallest absolute Gasteiger partial charge is 0.231 e. The highest BCUT2D eigenvalue weighted by molar-refractivity contribution is 7.11. The molecule has 5 heteroatoms. The predicted molar refractivity (Wildman–Crippen MR) is 98.3 cm³/mol. The van der Waals surface area contributed by atoms with E-state index < -0.39 is 0 Å². The fourth-order valence-corrected chi connectivity index (χ4v) is 3.35. The second kappa shape index (κ2) is 6.42. The maximum Gasteiger partial charge on any atom is 0.231 e. The molecule has 0 saturated heterocycles. The number of hydrogen-bond donors (Lipinski definition) is 0. The molecule has 0 atom stereocenters. The molecule has 0 aliphatic carbocycles. The first-order valence-corrected chi connectivity index (χ1v) is 8.65. The Morgan fingerprint density at radius 3 is 2.76 bits per heavy atom. The van der Waals surface area contributed by atoms with Crippen molar-refractivity contribution in [1.29, 1.82) is 5.26 Å². The number of nitriles is 1. The van der Waals surface area contributed by atoms with Crippen LogP contribution >= 0.6 is 11.3 Å². The summed E-state index contributed by atoms with van der Waals surface area (Å²) in [6.45, 7) is 2.29. The molecule has 0 radical (unpaired) electrons. The third kappa shape index (κ3) is 3.12. The van der Waals surface area contributed by atoms with Gasteiger partial charge in [-0.25, -0.2) is 4.98 Å². The summed E-state index contributed by atoms with van der Waals surface area (Å²) in [4.78, 5) is 4.62. The highest BCUT2D eigenvalue weighted by Gasteiger charge is 2.15.